The second kappa shape index (κ2) is 7.91. The highest BCUT2D eigenvalue weighted by Crippen LogP contribution is 2.26. The van der Waals surface area contributed by atoms with E-state index >= 15 is 0 Å². The highest BCUT2D eigenvalue weighted by Gasteiger charge is 2.32. The first-order valence-electron chi connectivity index (χ1n) is 9.05. The van der Waals surface area contributed by atoms with Crippen LogP contribution in [0.2, 0.25) is 0 Å². The van der Waals surface area contributed by atoms with E-state index in [1.54, 1.807) is 6.07 Å². The summed E-state index contributed by atoms with van der Waals surface area (Å²) in [6, 6.07) is 7.08. The molecule has 0 saturated carbocycles. The molecule has 5 heteroatoms. The molecule has 0 bridgehead atoms. The number of piperidine rings is 1. The summed E-state index contributed by atoms with van der Waals surface area (Å²) in [5.74, 6) is -0.229. The third kappa shape index (κ3) is 4.76. The van der Waals surface area contributed by atoms with Gasteiger partial charge >= 0.3 is 0 Å². The van der Waals surface area contributed by atoms with Gasteiger partial charge < -0.3 is 14.7 Å². The highest BCUT2D eigenvalue weighted by atomic mass is 19.1. The zero-order chi connectivity index (χ0) is 17.0. The van der Waals surface area contributed by atoms with Crippen molar-refractivity contribution in [3.63, 3.8) is 0 Å². The van der Waals surface area contributed by atoms with Crippen LogP contribution in [0.25, 0.3) is 0 Å². The average molecular weight is 336 g/mol. The van der Waals surface area contributed by atoms with Gasteiger partial charge in [-0.3, -0.25) is 4.90 Å². The fraction of sp³-hybridized carbons (Fsp3) is 0.684. The SMILES string of the molecule is CC1COCCN1CCN1CCC(O)(Cc2cccc(F)c2)CC1. The molecule has 1 unspecified atom stereocenters. The number of hydrogen-bond acceptors (Lipinski definition) is 4. The molecular weight excluding hydrogens is 307 g/mol. The molecule has 3 rings (SSSR count). The van der Waals surface area contributed by atoms with Gasteiger partial charge in [0, 0.05) is 45.2 Å². The van der Waals surface area contributed by atoms with E-state index in [0.717, 1.165) is 64.3 Å². The minimum Gasteiger partial charge on any atom is -0.389 e. The molecule has 0 radical (unpaired) electrons. The Bertz CT molecular complexity index is 532. The van der Waals surface area contributed by atoms with Crippen molar-refractivity contribution in [2.24, 2.45) is 0 Å². The number of benzene rings is 1. The van der Waals surface area contributed by atoms with Crippen LogP contribution in [-0.4, -0.2) is 72.5 Å². The maximum atomic E-state index is 13.3. The van der Waals surface area contributed by atoms with Gasteiger partial charge in [-0.05, 0) is 37.5 Å². The Morgan fingerprint density at radius 2 is 2.04 bits per heavy atom. The van der Waals surface area contributed by atoms with E-state index in [-0.39, 0.29) is 5.82 Å². The Morgan fingerprint density at radius 1 is 1.25 bits per heavy atom. The molecule has 2 heterocycles. The number of nitrogens with zero attached hydrogens (tertiary/aromatic N) is 2. The van der Waals surface area contributed by atoms with E-state index in [0.29, 0.717) is 12.5 Å². The number of hydrogen-bond donors (Lipinski definition) is 1. The molecule has 1 N–H and O–H groups in total. The van der Waals surface area contributed by atoms with Crippen LogP contribution in [0.5, 0.6) is 0 Å². The van der Waals surface area contributed by atoms with E-state index in [4.69, 9.17) is 4.74 Å². The zero-order valence-corrected chi connectivity index (χ0v) is 14.6. The first-order chi connectivity index (χ1) is 11.5. The lowest BCUT2D eigenvalue weighted by atomic mass is 9.85. The van der Waals surface area contributed by atoms with Crippen molar-refractivity contribution in [2.75, 3.05) is 45.9 Å². The third-order valence-electron chi connectivity index (χ3n) is 5.42. The zero-order valence-electron chi connectivity index (χ0n) is 14.6. The maximum absolute atomic E-state index is 13.3. The molecule has 4 nitrogen and oxygen atoms in total. The molecule has 0 aliphatic carbocycles. The van der Waals surface area contributed by atoms with Crippen molar-refractivity contribution in [3.05, 3.63) is 35.6 Å². The van der Waals surface area contributed by atoms with E-state index in [1.807, 2.05) is 6.07 Å². The average Bonchev–Trinajstić information content (AvgIpc) is 2.55. The Kier molecular flexibility index (Phi) is 5.87. The Hall–Kier alpha value is -1.01. The summed E-state index contributed by atoms with van der Waals surface area (Å²) >= 11 is 0. The Morgan fingerprint density at radius 3 is 2.75 bits per heavy atom. The third-order valence-corrected chi connectivity index (χ3v) is 5.42. The number of ether oxygens (including phenoxy) is 1. The molecule has 0 aromatic heterocycles. The molecule has 24 heavy (non-hydrogen) atoms. The lowest BCUT2D eigenvalue weighted by Gasteiger charge is -2.40. The van der Waals surface area contributed by atoms with E-state index in [1.165, 1.54) is 12.1 Å². The van der Waals surface area contributed by atoms with Crippen molar-refractivity contribution in [1.29, 1.82) is 0 Å². The van der Waals surface area contributed by atoms with Gasteiger partial charge in [-0.25, -0.2) is 4.39 Å². The molecule has 134 valence electrons. The summed E-state index contributed by atoms with van der Waals surface area (Å²) in [7, 11) is 0. The summed E-state index contributed by atoms with van der Waals surface area (Å²) in [6.07, 6.45) is 2.05. The molecule has 1 atom stereocenters. The number of morpholine rings is 1. The van der Waals surface area contributed by atoms with Gasteiger partial charge in [-0.1, -0.05) is 12.1 Å². The number of rotatable bonds is 5. The highest BCUT2D eigenvalue weighted by molar-refractivity contribution is 5.18. The van der Waals surface area contributed by atoms with Crippen molar-refractivity contribution in [2.45, 2.75) is 37.8 Å². The minimum atomic E-state index is -0.698. The summed E-state index contributed by atoms with van der Waals surface area (Å²) in [4.78, 5) is 4.92. The lowest BCUT2D eigenvalue weighted by Crippen LogP contribution is -2.50. The molecule has 0 amide bonds. The fourth-order valence-electron chi connectivity index (χ4n) is 3.76. The second-order valence-electron chi connectivity index (χ2n) is 7.33. The second-order valence-corrected chi connectivity index (χ2v) is 7.33. The van der Waals surface area contributed by atoms with Gasteiger partial charge in [0.1, 0.15) is 5.82 Å². The smallest absolute Gasteiger partial charge is 0.123 e. The monoisotopic (exact) mass is 336 g/mol. The molecule has 2 saturated heterocycles. The van der Waals surface area contributed by atoms with Crippen LogP contribution >= 0.6 is 0 Å². The van der Waals surface area contributed by atoms with Gasteiger partial charge in [0.05, 0.1) is 18.8 Å². The van der Waals surface area contributed by atoms with Crippen LogP contribution in [0, 0.1) is 5.82 Å². The summed E-state index contributed by atoms with van der Waals surface area (Å²) in [5, 5.41) is 10.8. The summed E-state index contributed by atoms with van der Waals surface area (Å²) < 4.78 is 18.8. The van der Waals surface area contributed by atoms with E-state index in [2.05, 4.69) is 16.7 Å². The van der Waals surface area contributed by atoms with Crippen LogP contribution < -0.4 is 0 Å². The standard InChI is InChI=1S/C19H29FN2O2/c1-16-15-24-12-11-22(16)10-9-21-7-5-19(23,6-8-21)14-17-3-2-4-18(20)13-17/h2-4,13,16,23H,5-12,14-15H2,1H3. The Balaban J connectivity index is 1.44. The molecule has 0 spiro atoms. The van der Waals surface area contributed by atoms with Gasteiger partial charge in [-0.15, -0.1) is 0 Å². The van der Waals surface area contributed by atoms with Crippen LogP contribution in [0.15, 0.2) is 24.3 Å². The van der Waals surface area contributed by atoms with Crippen molar-refractivity contribution < 1.29 is 14.2 Å². The van der Waals surface area contributed by atoms with Crippen molar-refractivity contribution >= 4 is 0 Å². The van der Waals surface area contributed by atoms with Gasteiger partial charge in [-0.2, -0.15) is 0 Å². The van der Waals surface area contributed by atoms with Crippen molar-refractivity contribution in [1.82, 2.24) is 9.80 Å². The molecular formula is C19H29FN2O2. The molecule has 2 fully saturated rings. The lowest BCUT2D eigenvalue weighted by molar-refractivity contribution is -0.0307. The minimum absolute atomic E-state index is 0.229. The topological polar surface area (TPSA) is 35.9 Å². The summed E-state index contributed by atoms with van der Waals surface area (Å²) in [5.41, 5.74) is 0.185. The van der Waals surface area contributed by atoms with Gasteiger partial charge in [0.15, 0.2) is 0 Å². The Labute approximate surface area is 144 Å². The quantitative estimate of drug-likeness (QED) is 0.891. The fourth-order valence-corrected chi connectivity index (χ4v) is 3.76. The number of likely N-dealkylation sites (tertiary alicyclic amines) is 1. The van der Waals surface area contributed by atoms with Crippen LogP contribution in [0.1, 0.15) is 25.3 Å². The predicted molar refractivity (Wildman–Crippen MR) is 92.6 cm³/mol. The predicted octanol–water partition coefficient (Wildman–Crippen LogP) is 1.92. The van der Waals surface area contributed by atoms with Gasteiger partial charge in [0.2, 0.25) is 0 Å². The molecule has 1 aromatic carbocycles. The molecule has 2 aliphatic rings. The normalized spacial score (nSPS) is 25.7. The van der Waals surface area contributed by atoms with Crippen LogP contribution in [-0.2, 0) is 11.2 Å². The van der Waals surface area contributed by atoms with Crippen LogP contribution in [0.3, 0.4) is 0 Å². The molecule has 2 aliphatic heterocycles. The van der Waals surface area contributed by atoms with Crippen LogP contribution in [0.4, 0.5) is 4.39 Å². The van der Waals surface area contributed by atoms with Gasteiger partial charge in [0.25, 0.3) is 0 Å². The summed E-state index contributed by atoms with van der Waals surface area (Å²) in [6.45, 7) is 8.80. The maximum Gasteiger partial charge on any atom is 0.123 e. The van der Waals surface area contributed by atoms with E-state index in [9.17, 15) is 9.50 Å². The first kappa shape index (κ1) is 17.8. The number of aliphatic hydroxyl groups is 1. The van der Waals surface area contributed by atoms with Crippen molar-refractivity contribution in [3.8, 4) is 0 Å². The number of halogens is 1. The largest absolute Gasteiger partial charge is 0.389 e. The molecule has 1 aromatic rings. The first-order valence-corrected chi connectivity index (χ1v) is 9.05. The van der Waals surface area contributed by atoms with E-state index < -0.39 is 5.60 Å².